The number of ether oxygens (including phenoxy) is 2. The van der Waals surface area contributed by atoms with Crippen LogP contribution in [0.2, 0.25) is 0 Å². The van der Waals surface area contributed by atoms with Gasteiger partial charge >= 0.3 is 25.7 Å². The molecule has 0 spiro atoms. The van der Waals surface area contributed by atoms with Gasteiger partial charge in [0.2, 0.25) is 0 Å². The summed E-state index contributed by atoms with van der Waals surface area (Å²) in [5.74, 6) is -2.41. The summed E-state index contributed by atoms with van der Waals surface area (Å²) in [7, 11) is -4.67. The molecule has 0 aromatic heterocycles. The molecule has 0 amide bonds. The van der Waals surface area contributed by atoms with Crippen LogP contribution >= 0.6 is 7.82 Å². The number of unbranched alkanes of at least 4 members (excludes halogenated alkanes) is 8. The van der Waals surface area contributed by atoms with Gasteiger partial charge in [0.15, 0.2) is 6.10 Å². The molecule has 0 aliphatic heterocycles. The summed E-state index contributed by atoms with van der Waals surface area (Å²) in [5, 5.41) is 8.72. The second-order valence-electron chi connectivity index (χ2n) is 8.13. The minimum absolute atomic E-state index is 0.159. The molecule has 0 aromatic rings. The number of carboxylic acid groups (broad SMARTS) is 1. The molecule has 0 saturated heterocycles. The molecule has 0 aliphatic carbocycles. The number of aliphatic carboxylic acids is 1. The molecule has 0 saturated carbocycles. The number of carboxylic acids is 1. The van der Waals surface area contributed by atoms with Gasteiger partial charge in [0.25, 0.3) is 0 Å². The van der Waals surface area contributed by atoms with Crippen molar-refractivity contribution in [1.29, 1.82) is 0 Å². The number of carbonyl (C=O) groups is 3. The lowest BCUT2D eigenvalue weighted by Crippen LogP contribution is -2.34. The number of hydrogen-bond donors (Lipinski definition) is 3. The monoisotopic (exact) mass is 511 g/mol. The van der Waals surface area contributed by atoms with Crippen molar-refractivity contribution in [3.8, 4) is 0 Å². The molecule has 0 aliphatic rings. The number of esters is 2. The highest BCUT2D eigenvalue weighted by Gasteiger charge is 2.28. The summed E-state index contributed by atoms with van der Waals surface area (Å²) in [6.07, 6.45) is 8.76. The summed E-state index contributed by atoms with van der Waals surface area (Å²) in [4.78, 5) is 44.6. The van der Waals surface area contributed by atoms with Crippen LogP contribution in [-0.2, 0) is 37.5 Å². The highest BCUT2D eigenvalue weighted by Crippen LogP contribution is 2.43. The van der Waals surface area contributed by atoms with E-state index in [1.807, 2.05) is 0 Å². The van der Waals surface area contributed by atoms with E-state index in [2.05, 4.69) is 18.4 Å². The predicted octanol–water partition coefficient (Wildman–Crippen LogP) is 3.71. The van der Waals surface area contributed by atoms with Gasteiger partial charge in [-0.05, 0) is 12.8 Å². The van der Waals surface area contributed by atoms with Crippen molar-refractivity contribution in [2.45, 2.75) is 103 Å². The third-order valence-electron chi connectivity index (χ3n) is 4.86. The minimum Gasteiger partial charge on any atom is -0.480 e. The van der Waals surface area contributed by atoms with Crippen LogP contribution in [0.5, 0.6) is 0 Å². The van der Waals surface area contributed by atoms with Gasteiger partial charge in [-0.1, -0.05) is 65.2 Å². The lowest BCUT2D eigenvalue weighted by atomic mass is 10.1. The van der Waals surface area contributed by atoms with Crippen LogP contribution in [0.1, 0.15) is 90.9 Å². The third-order valence-corrected chi connectivity index (χ3v) is 5.81. The van der Waals surface area contributed by atoms with E-state index in [4.69, 9.17) is 24.8 Å². The van der Waals surface area contributed by atoms with Gasteiger partial charge in [0.05, 0.1) is 13.2 Å². The molecular formula is C22H42NO10P. The van der Waals surface area contributed by atoms with Crippen LogP contribution in [0.25, 0.3) is 0 Å². The molecule has 4 N–H and O–H groups in total. The normalized spacial score (nSPS) is 14.7. The van der Waals surface area contributed by atoms with Gasteiger partial charge in [-0.15, -0.1) is 0 Å². The average molecular weight is 512 g/mol. The maximum Gasteiger partial charge on any atom is 0.472 e. The first-order valence-electron chi connectivity index (χ1n) is 12.1. The maximum absolute atomic E-state index is 12.2. The number of hydrogen-bond acceptors (Lipinski definition) is 9. The van der Waals surface area contributed by atoms with Crippen LogP contribution < -0.4 is 5.73 Å². The molecule has 0 aromatic carbocycles. The molecule has 3 unspecified atom stereocenters. The lowest BCUT2D eigenvalue weighted by molar-refractivity contribution is -0.161. The van der Waals surface area contributed by atoms with Crippen molar-refractivity contribution in [3.05, 3.63) is 0 Å². The van der Waals surface area contributed by atoms with Gasteiger partial charge in [-0.2, -0.15) is 0 Å². The SMILES string of the molecule is CCCCCCCC(=O)OCC(COP(=O)(O)OCC(N)C(=O)O)OC(=O)CCCCCCC. The molecule has 200 valence electrons. The largest absolute Gasteiger partial charge is 0.480 e. The number of phosphoric acid groups is 1. The Kier molecular flexibility index (Phi) is 18.9. The average Bonchev–Trinajstić information content (AvgIpc) is 2.79. The molecule has 0 rings (SSSR count). The zero-order chi connectivity index (χ0) is 25.8. The van der Waals surface area contributed by atoms with Crippen LogP contribution in [0.3, 0.4) is 0 Å². The number of phosphoric ester groups is 1. The van der Waals surface area contributed by atoms with E-state index in [9.17, 15) is 23.8 Å². The van der Waals surface area contributed by atoms with E-state index in [0.717, 1.165) is 51.4 Å². The lowest BCUT2D eigenvalue weighted by Gasteiger charge is -2.20. The second-order valence-corrected chi connectivity index (χ2v) is 9.58. The Bertz CT molecular complexity index is 631. The van der Waals surface area contributed by atoms with Crippen molar-refractivity contribution in [3.63, 3.8) is 0 Å². The van der Waals surface area contributed by atoms with Gasteiger partial charge < -0.3 is 25.2 Å². The van der Waals surface area contributed by atoms with Crippen molar-refractivity contribution >= 4 is 25.7 Å². The van der Waals surface area contributed by atoms with E-state index in [0.29, 0.717) is 12.8 Å². The third kappa shape index (κ3) is 18.9. The molecule has 12 heteroatoms. The van der Waals surface area contributed by atoms with E-state index in [1.165, 1.54) is 0 Å². The number of nitrogens with two attached hydrogens (primary N) is 1. The first kappa shape index (κ1) is 32.5. The van der Waals surface area contributed by atoms with Crippen LogP contribution in [-0.4, -0.2) is 59.9 Å². The predicted molar refractivity (Wildman–Crippen MR) is 125 cm³/mol. The molecule has 3 atom stereocenters. The quantitative estimate of drug-likeness (QED) is 0.110. The fourth-order valence-corrected chi connectivity index (χ4v) is 3.60. The Morgan fingerprint density at radius 3 is 1.82 bits per heavy atom. The fraction of sp³-hybridized carbons (Fsp3) is 0.864. The smallest absolute Gasteiger partial charge is 0.472 e. The van der Waals surface area contributed by atoms with E-state index in [-0.39, 0.29) is 19.4 Å². The topological polar surface area (TPSA) is 172 Å². The van der Waals surface area contributed by atoms with Gasteiger partial charge in [-0.3, -0.25) is 23.4 Å². The van der Waals surface area contributed by atoms with Crippen LogP contribution in [0.4, 0.5) is 0 Å². The summed E-state index contributed by atoms with van der Waals surface area (Å²) in [6, 6.07) is -1.51. The highest BCUT2D eigenvalue weighted by molar-refractivity contribution is 7.47. The van der Waals surface area contributed by atoms with Crippen molar-refractivity contribution in [2.75, 3.05) is 19.8 Å². The van der Waals surface area contributed by atoms with Crippen molar-refractivity contribution < 1.29 is 47.5 Å². The van der Waals surface area contributed by atoms with Crippen molar-refractivity contribution in [1.82, 2.24) is 0 Å². The Hall–Kier alpha value is -1.52. The van der Waals surface area contributed by atoms with Gasteiger partial charge in [0.1, 0.15) is 12.6 Å². The highest BCUT2D eigenvalue weighted by atomic mass is 31.2. The molecule has 0 heterocycles. The van der Waals surface area contributed by atoms with E-state index in [1.54, 1.807) is 0 Å². The molecule has 11 nitrogen and oxygen atoms in total. The standard InChI is InChI=1S/C22H42NO10P/c1-3-5-7-9-11-13-20(24)30-15-18(33-21(25)14-12-10-8-6-4-2)16-31-34(28,29)32-17-19(23)22(26)27/h18-19H,3-17,23H2,1-2H3,(H,26,27)(H,28,29). The Morgan fingerprint density at radius 1 is 0.794 bits per heavy atom. The summed E-state index contributed by atoms with van der Waals surface area (Å²) >= 11 is 0. The summed E-state index contributed by atoms with van der Waals surface area (Å²) in [6.45, 7) is 2.51. The van der Waals surface area contributed by atoms with E-state index >= 15 is 0 Å². The van der Waals surface area contributed by atoms with Gasteiger partial charge in [0, 0.05) is 12.8 Å². The minimum atomic E-state index is -4.67. The Balaban J connectivity index is 4.67. The van der Waals surface area contributed by atoms with Crippen LogP contribution in [0, 0.1) is 0 Å². The number of carbonyl (C=O) groups excluding carboxylic acids is 2. The Labute approximate surface area is 202 Å². The molecule has 0 radical (unpaired) electrons. The first-order chi connectivity index (χ1) is 16.1. The second kappa shape index (κ2) is 19.8. The molecule has 0 bridgehead atoms. The summed E-state index contributed by atoms with van der Waals surface area (Å²) < 4.78 is 31.8. The van der Waals surface area contributed by atoms with Gasteiger partial charge in [-0.25, -0.2) is 4.57 Å². The summed E-state index contributed by atoms with van der Waals surface area (Å²) in [5.41, 5.74) is 5.23. The Morgan fingerprint density at radius 2 is 1.29 bits per heavy atom. The number of rotatable bonds is 22. The molecule has 34 heavy (non-hydrogen) atoms. The fourth-order valence-electron chi connectivity index (χ4n) is 2.83. The molecular weight excluding hydrogens is 469 g/mol. The zero-order valence-corrected chi connectivity index (χ0v) is 21.3. The van der Waals surface area contributed by atoms with E-state index < -0.39 is 51.1 Å². The molecule has 0 fully saturated rings. The zero-order valence-electron chi connectivity index (χ0n) is 20.4. The maximum atomic E-state index is 12.2. The first-order valence-corrected chi connectivity index (χ1v) is 13.6. The van der Waals surface area contributed by atoms with Crippen LogP contribution in [0.15, 0.2) is 0 Å². The van der Waals surface area contributed by atoms with Crippen molar-refractivity contribution in [2.24, 2.45) is 5.73 Å².